The van der Waals surface area contributed by atoms with Crippen LogP contribution >= 0.6 is 0 Å². The first-order valence-corrected chi connectivity index (χ1v) is 10.6. The maximum atomic E-state index is 13.7. The second-order valence-corrected chi connectivity index (χ2v) is 8.91. The summed E-state index contributed by atoms with van der Waals surface area (Å²) in [6.45, 7) is 0. The molecule has 35 heteroatoms. The summed E-state index contributed by atoms with van der Waals surface area (Å²) in [5.41, 5.74) is 0. The van der Waals surface area contributed by atoms with Crippen LogP contribution in [0.25, 0.3) is 0 Å². The standard InChI is InChI=1S/C17HF31O4/c18-1(51-16(45,46)4(20,21)3(49)50)2(19)52-17(47,48)14(40,41)12(36,37)10(32,33)8(28,29)6(24,25)5(22,23)7(26,27)9(30,31)11(34,35)13(38,39)15(42,43)44/h(H,49,50)/b2-1+. The first-order valence-electron chi connectivity index (χ1n) is 10.6. The van der Waals surface area contributed by atoms with Gasteiger partial charge in [0.25, 0.3) is 0 Å². The van der Waals surface area contributed by atoms with Crippen LogP contribution in [0.2, 0.25) is 0 Å². The zero-order valence-corrected chi connectivity index (χ0v) is 21.9. The Morgan fingerprint density at radius 3 is 0.731 bits per heavy atom. The maximum Gasteiger partial charge on any atom is 0.478 e. The highest BCUT2D eigenvalue weighted by Crippen LogP contribution is 2.68. The van der Waals surface area contributed by atoms with E-state index in [-0.39, 0.29) is 0 Å². The molecule has 52 heavy (non-hydrogen) atoms. The molecule has 0 radical (unpaired) electrons. The molecule has 0 fully saturated rings. The first-order chi connectivity index (χ1) is 22.0. The van der Waals surface area contributed by atoms with Crippen LogP contribution in [0.4, 0.5) is 136 Å². The van der Waals surface area contributed by atoms with Crippen LogP contribution < -0.4 is 0 Å². The van der Waals surface area contributed by atoms with Crippen molar-refractivity contribution in [3.05, 3.63) is 12.0 Å². The summed E-state index contributed by atoms with van der Waals surface area (Å²) in [4.78, 5) is 9.93. The van der Waals surface area contributed by atoms with Crippen molar-refractivity contribution >= 4 is 5.97 Å². The van der Waals surface area contributed by atoms with Gasteiger partial charge in [0, 0.05) is 0 Å². The molecule has 4 nitrogen and oxygen atoms in total. The molecule has 0 rings (SSSR count). The number of ether oxygens (including phenoxy) is 2. The number of hydrogen-bond acceptors (Lipinski definition) is 3. The van der Waals surface area contributed by atoms with E-state index < -0.39 is 102 Å². The van der Waals surface area contributed by atoms with Gasteiger partial charge in [-0.3, -0.25) is 0 Å². The van der Waals surface area contributed by atoms with Gasteiger partial charge in [-0.15, -0.1) is 0 Å². The van der Waals surface area contributed by atoms with Crippen molar-refractivity contribution in [3.63, 3.8) is 0 Å². The van der Waals surface area contributed by atoms with Gasteiger partial charge in [0.15, 0.2) is 0 Å². The van der Waals surface area contributed by atoms with Crippen LogP contribution in [0, 0.1) is 0 Å². The minimum Gasteiger partial charge on any atom is -0.477 e. The van der Waals surface area contributed by atoms with Crippen molar-refractivity contribution in [3.8, 4) is 0 Å². The fraction of sp³-hybridized carbons (Fsp3) is 0.824. The third-order valence-corrected chi connectivity index (χ3v) is 5.49. The minimum absolute atomic E-state index is 1.37. The molecule has 0 bridgehead atoms. The molecule has 0 aromatic rings. The average Bonchev–Trinajstić information content (AvgIpc) is 2.90. The summed E-state index contributed by atoms with van der Waals surface area (Å²) < 4.78 is 414. The van der Waals surface area contributed by atoms with Crippen LogP contribution in [0.5, 0.6) is 0 Å². The lowest BCUT2D eigenvalue weighted by atomic mass is 9.85. The number of rotatable bonds is 16. The molecule has 0 aromatic carbocycles. The van der Waals surface area contributed by atoms with E-state index in [2.05, 4.69) is 0 Å². The van der Waals surface area contributed by atoms with E-state index in [1.807, 2.05) is 0 Å². The largest absolute Gasteiger partial charge is 0.478 e. The van der Waals surface area contributed by atoms with Gasteiger partial charge >= 0.3 is 102 Å². The van der Waals surface area contributed by atoms with Crippen LogP contribution in [0.3, 0.4) is 0 Å². The summed E-state index contributed by atoms with van der Waals surface area (Å²) in [6, 6.07) is -9.71. The predicted octanol–water partition coefficient (Wildman–Crippen LogP) is 9.91. The molecule has 0 saturated heterocycles. The fourth-order valence-electron chi connectivity index (χ4n) is 2.50. The lowest BCUT2D eigenvalue weighted by Crippen LogP contribution is -2.78. The Balaban J connectivity index is 7.28. The summed E-state index contributed by atoms with van der Waals surface area (Å²) in [5, 5.41) is 7.75. The summed E-state index contributed by atoms with van der Waals surface area (Å²) in [6.07, 6.45) is -24.0. The molecule has 0 atom stereocenters. The third kappa shape index (κ3) is 6.25. The summed E-state index contributed by atoms with van der Waals surface area (Å²) in [7, 11) is 0. The summed E-state index contributed by atoms with van der Waals surface area (Å²) >= 11 is 0. The molecule has 1 N–H and O–H groups in total. The van der Waals surface area contributed by atoms with Crippen LogP contribution in [0.15, 0.2) is 12.0 Å². The molecule has 0 aliphatic heterocycles. The zero-order valence-electron chi connectivity index (χ0n) is 21.9. The Kier molecular flexibility index (Phi) is 11.5. The number of alkyl halides is 29. The lowest BCUT2D eigenvalue weighted by molar-refractivity contribution is -0.488. The Morgan fingerprint density at radius 1 is 0.327 bits per heavy atom. The van der Waals surface area contributed by atoms with Crippen molar-refractivity contribution in [1.82, 2.24) is 0 Å². The Labute approximate surface area is 258 Å². The molecule has 0 spiro atoms. The van der Waals surface area contributed by atoms with Gasteiger partial charge in [-0.25, -0.2) is 4.79 Å². The fourth-order valence-corrected chi connectivity index (χ4v) is 2.50. The van der Waals surface area contributed by atoms with Gasteiger partial charge in [-0.2, -0.15) is 136 Å². The monoisotopic (exact) mass is 858 g/mol. The second kappa shape index (κ2) is 12.3. The van der Waals surface area contributed by atoms with E-state index in [4.69, 9.17) is 5.11 Å². The first kappa shape index (κ1) is 48.6. The Bertz CT molecular complexity index is 1370. The normalized spacial score (nSPS) is 16.8. The van der Waals surface area contributed by atoms with Crippen LogP contribution in [-0.4, -0.2) is 94.6 Å². The van der Waals surface area contributed by atoms with Gasteiger partial charge in [-0.05, 0) is 0 Å². The van der Waals surface area contributed by atoms with Crippen molar-refractivity contribution in [2.45, 2.75) is 83.5 Å². The third-order valence-electron chi connectivity index (χ3n) is 5.49. The van der Waals surface area contributed by atoms with Gasteiger partial charge in [0.05, 0.1) is 0 Å². The molecule has 0 aliphatic rings. The molecule has 310 valence electrons. The number of carboxylic acid groups (broad SMARTS) is 1. The summed E-state index contributed by atoms with van der Waals surface area (Å²) in [5.74, 6) is -107. The Morgan fingerprint density at radius 2 is 0.519 bits per heavy atom. The van der Waals surface area contributed by atoms with Crippen LogP contribution in [0.1, 0.15) is 0 Å². The van der Waals surface area contributed by atoms with Gasteiger partial charge in [-0.1, -0.05) is 0 Å². The lowest BCUT2D eigenvalue weighted by Gasteiger charge is -2.45. The van der Waals surface area contributed by atoms with Gasteiger partial charge in [0.1, 0.15) is 0 Å². The second-order valence-electron chi connectivity index (χ2n) is 8.91. The molecular weight excluding hydrogens is 857 g/mol. The molecule has 0 saturated carbocycles. The zero-order chi connectivity index (χ0) is 43.1. The van der Waals surface area contributed by atoms with E-state index in [1.54, 1.807) is 4.74 Å². The molecular formula is C17HF31O4. The van der Waals surface area contributed by atoms with Crippen molar-refractivity contribution in [1.29, 1.82) is 0 Å². The average molecular weight is 858 g/mol. The number of hydrogen-bond donors (Lipinski definition) is 1. The highest BCUT2D eigenvalue weighted by molar-refractivity contribution is 5.76. The van der Waals surface area contributed by atoms with Crippen molar-refractivity contribution in [2.75, 3.05) is 0 Å². The number of carbonyl (C=O) groups is 1. The number of aliphatic carboxylic acids is 1. The minimum atomic E-state index is -9.97. The smallest absolute Gasteiger partial charge is 0.477 e. The molecule has 0 unspecified atom stereocenters. The Hall–Kier alpha value is -3.36. The van der Waals surface area contributed by atoms with Gasteiger partial charge < -0.3 is 14.6 Å². The highest BCUT2D eigenvalue weighted by atomic mass is 19.4. The quantitative estimate of drug-likeness (QED) is 0.124. The van der Waals surface area contributed by atoms with E-state index >= 15 is 0 Å². The van der Waals surface area contributed by atoms with Crippen LogP contribution in [-0.2, 0) is 14.3 Å². The van der Waals surface area contributed by atoms with E-state index in [0.717, 1.165) is 0 Å². The van der Waals surface area contributed by atoms with Gasteiger partial charge in [0.2, 0.25) is 0 Å². The molecule has 0 aromatic heterocycles. The van der Waals surface area contributed by atoms with E-state index in [0.29, 0.717) is 0 Å². The van der Waals surface area contributed by atoms with E-state index in [1.165, 1.54) is 4.74 Å². The predicted molar refractivity (Wildman–Crippen MR) is 89.4 cm³/mol. The molecule has 0 amide bonds. The van der Waals surface area contributed by atoms with Crippen molar-refractivity contribution in [2.24, 2.45) is 0 Å². The SMILES string of the molecule is O=C(O)C(F)(F)C(F)(F)O/C(F)=C(\F)OC(F)(F)C(F)(F)C(F)(F)C(F)(F)C(F)(F)C(F)(F)C(F)(F)C(F)(F)C(F)(F)C(F)(F)C(F)(F)C(F)(F)F. The van der Waals surface area contributed by atoms with E-state index in [9.17, 15) is 141 Å². The number of carboxylic acids is 1. The maximum absolute atomic E-state index is 13.7. The number of halogens is 31. The molecule has 0 aliphatic carbocycles. The highest BCUT2D eigenvalue weighted by Gasteiger charge is 3.00. The topological polar surface area (TPSA) is 55.8 Å². The van der Waals surface area contributed by atoms with Crippen molar-refractivity contribution < 1.29 is 155 Å². The molecule has 0 heterocycles.